The highest BCUT2D eigenvalue weighted by Gasteiger charge is 2.08. The van der Waals surface area contributed by atoms with Crippen molar-refractivity contribution in [3.05, 3.63) is 53.1 Å². The Kier molecular flexibility index (Phi) is 2.80. The molecule has 0 aliphatic carbocycles. The maximum atomic E-state index is 5.93. The number of nitrogens with zero attached hydrogens (tertiary/aromatic N) is 1. The molecular formula is C15H12ClNO. The molecule has 0 bridgehead atoms. The zero-order chi connectivity index (χ0) is 12.5. The molecule has 0 fully saturated rings. The minimum Gasteiger partial charge on any atom is -0.436 e. The van der Waals surface area contributed by atoms with Crippen LogP contribution in [0, 0.1) is 0 Å². The van der Waals surface area contributed by atoms with Crippen molar-refractivity contribution in [2.45, 2.75) is 13.3 Å². The molecule has 0 aliphatic heterocycles. The molecule has 1 heterocycles. The number of hydrogen-bond donors (Lipinski definition) is 0. The molecule has 90 valence electrons. The molecule has 2 aromatic carbocycles. The Hall–Kier alpha value is -1.80. The van der Waals surface area contributed by atoms with E-state index in [0.29, 0.717) is 10.9 Å². The maximum Gasteiger partial charge on any atom is 0.227 e. The van der Waals surface area contributed by atoms with E-state index in [-0.39, 0.29) is 0 Å². The zero-order valence-electron chi connectivity index (χ0n) is 9.98. The fraction of sp³-hybridized carbons (Fsp3) is 0.133. The van der Waals surface area contributed by atoms with Gasteiger partial charge in [0.25, 0.3) is 0 Å². The van der Waals surface area contributed by atoms with Gasteiger partial charge in [-0.3, -0.25) is 0 Å². The van der Waals surface area contributed by atoms with E-state index in [9.17, 15) is 0 Å². The van der Waals surface area contributed by atoms with Crippen LogP contribution < -0.4 is 0 Å². The second kappa shape index (κ2) is 4.46. The lowest BCUT2D eigenvalue weighted by molar-refractivity contribution is 0.620. The van der Waals surface area contributed by atoms with Gasteiger partial charge in [-0.15, -0.1) is 0 Å². The number of aromatic nitrogens is 1. The zero-order valence-corrected chi connectivity index (χ0v) is 10.7. The topological polar surface area (TPSA) is 26.0 Å². The van der Waals surface area contributed by atoms with Crippen LogP contribution in [0.2, 0.25) is 5.02 Å². The third-order valence-electron chi connectivity index (χ3n) is 2.96. The Labute approximate surface area is 110 Å². The molecule has 0 unspecified atom stereocenters. The van der Waals surface area contributed by atoms with Gasteiger partial charge in [-0.2, -0.15) is 0 Å². The highest BCUT2D eigenvalue weighted by molar-refractivity contribution is 6.31. The van der Waals surface area contributed by atoms with Gasteiger partial charge in [-0.25, -0.2) is 4.98 Å². The van der Waals surface area contributed by atoms with Crippen molar-refractivity contribution in [1.82, 2.24) is 4.98 Å². The summed E-state index contributed by atoms with van der Waals surface area (Å²) in [4.78, 5) is 4.45. The van der Waals surface area contributed by atoms with Crippen LogP contribution in [0.3, 0.4) is 0 Å². The molecule has 3 aromatic rings. The summed E-state index contributed by atoms with van der Waals surface area (Å²) in [5.74, 6) is 0.634. The number of aryl methyl sites for hydroxylation is 1. The number of rotatable bonds is 2. The second-order valence-corrected chi connectivity index (χ2v) is 4.62. The minimum atomic E-state index is 0.634. The summed E-state index contributed by atoms with van der Waals surface area (Å²) in [6.07, 6.45) is 1.03. The molecule has 0 aliphatic rings. The van der Waals surface area contributed by atoms with E-state index in [0.717, 1.165) is 23.1 Å². The van der Waals surface area contributed by atoms with Crippen molar-refractivity contribution in [2.75, 3.05) is 0 Å². The third-order valence-corrected chi connectivity index (χ3v) is 3.19. The molecule has 2 nitrogen and oxygen atoms in total. The van der Waals surface area contributed by atoms with Gasteiger partial charge in [0.2, 0.25) is 5.89 Å². The van der Waals surface area contributed by atoms with Crippen LogP contribution in [0.25, 0.3) is 22.6 Å². The van der Waals surface area contributed by atoms with Gasteiger partial charge in [0.05, 0.1) is 0 Å². The SMILES string of the molecule is CCc1ccc(-c2nc3cc(Cl)ccc3o2)cc1. The van der Waals surface area contributed by atoms with Gasteiger partial charge < -0.3 is 4.42 Å². The van der Waals surface area contributed by atoms with Gasteiger partial charge in [0.15, 0.2) is 5.58 Å². The number of halogens is 1. The fourth-order valence-corrected chi connectivity index (χ4v) is 2.07. The summed E-state index contributed by atoms with van der Waals surface area (Å²) < 4.78 is 5.71. The lowest BCUT2D eigenvalue weighted by Gasteiger charge is -1.97. The number of hydrogen-bond acceptors (Lipinski definition) is 2. The quantitative estimate of drug-likeness (QED) is 0.664. The van der Waals surface area contributed by atoms with Crippen molar-refractivity contribution >= 4 is 22.7 Å². The lowest BCUT2D eigenvalue weighted by Crippen LogP contribution is -1.81. The fourth-order valence-electron chi connectivity index (χ4n) is 1.91. The Balaban J connectivity index is 2.07. The van der Waals surface area contributed by atoms with Crippen LogP contribution in [0.4, 0.5) is 0 Å². The molecular weight excluding hydrogens is 246 g/mol. The first kappa shape index (κ1) is 11.3. The summed E-state index contributed by atoms with van der Waals surface area (Å²) in [5, 5.41) is 0.670. The average Bonchev–Trinajstić information content (AvgIpc) is 2.81. The normalized spacial score (nSPS) is 11.0. The van der Waals surface area contributed by atoms with Crippen molar-refractivity contribution < 1.29 is 4.42 Å². The molecule has 18 heavy (non-hydrogen) atoms. The molecule has 3 heteroatoms. The monoisotopic (exact) mass is 257 g/mol. The Bertz CT molecular complexity index is 685. The number of fused-ring (bicyclic) bond motifs is 1. The van der Waals surface area contributed by atoms with Gasteiger partial charge in [0, 0.05) is 10.6 Å². The second-order valence-electron chi connectivity index (χ2n) is 4.18. The van der Waals surface area contributed by atoms with Gasteiger partial charge in [0.1, 0.15) is 5.52 Å². The molecule has 0 atom stereocenters. The average molecular weight is 258 g/mol. The van der Waals surface area contributed by atoms with Gasteiger partial charge >= 0.3 is 0 Å². The maximum absolute atomic E-state index is 5.93. The molecule has 3 rings (SSSR count). The van der Waals surface area contributed by atoms with Crippen molar-refractivity contribution in [1.29, 1.82) is 0 Å². The largest absolute Gasteiger partial charge is 0.436 e. The van der Waals surface area contributed by atoms with E-state index < -0.39 is 0 Å². The van der Waals surface area contributed by atoms with Crippen LogP contribution in [0.1, 0.15) is 12.5 Å². The Morgan fingerprint density at radius 1 is 1.11 bits per heavy atom. The first-order valence-corrected chi connectivity index (χ1v) is 6.29. The predicted octanol–water partition coefficient (Wildman–Crippen LogP) is 4.71. The summed E-state index contributed by atoms with van der Waals surface area (Å²) in [7, 11) is 0. The predicted molar refractivity (Wildman–Crippen MR) is 73.8 cm³/mol. The van der Waals surface area contributed by atoms with Crippen molar-refractivity contribution in [3.8, 4) is 11.5 Å². The van der Waals surface area contributed by atoms with E-state index in [1.807, 2.05) is 24.3 Å². The van der Waals surface area contributed by atoms with Crippen molar-refractivity contribution in [2.24, 2.45) is 0 Å². The van der Waals surface area contributed by atoms with Crippen molar-refractivity contribution in [3.63, 3.8) is 0 Å². The molecule has 0 spiro atoms. The Morgan fingerprint density at radius 2 is 1.89 bits per heavy atom. The molecule has 0 N–H and O–H groups in total. The molecule has 0 radical (unpaired) electrons. The van der Waals surface area contributed by atoms with E-state index in [4.69, 9.17) is 16.0 Å². The van der Waals surface area contributed by atoms with Crippen LogP contribution in [0.15, 0.2) is 46.9 Å². The summed E-state index contributed by atoms with van der Waals surface area (Å²) in [5.41, 5.74) is 3.84. The first-order valence-electron chi connectivity index (χ1n) is 5.91. The highest BCUT2D eigenvalue weighted by atomic mass is 35.5. The molecule has 0 amide bonds. The smallest absolute Gasteiger partial charge is 0.227 e. The summed E-state index contributed by atoms with van der Waals surface area (Å²) >= 11 is 5.93. The summed E-state index contributed by atoms with van der Waals surface area (Å²) in [6, 6.07) is 13.7. The Morgan fingerprint density at radius 3 is 2.61 bits per heavy atom. The lowest BCUT2D eigenvalue weighted by atomic mass is 10.1. The molecule has 0 saturated carbocycles. The minimum absolute atomic E-state index is 0.634. The van der Waals surface area contributed by atoms with Gasteiger partial charge in [-0.05, 0) is 42.3 Å². The number of oxazole rings is 1. The van der Waals surface area contributed by atoms with Gasteiger partial charge in [-0.1, -0.05) is 30.7 Å². The van der Waals surface area contributed by atoms with Crippen LogP contribution in [-0.4, -0.2) is 4.98 Å². The number of benzene rings is 2. The first-order chi connectivity index (χ1) is 8.76. The third kappa shape index (κ3) is 2.00. The molecule has 0 saturated heterocycles. The molecule has 1 aromatic heterocycles. The van der Waals surface area contributed by atoms with E-state index in [2.05, 4.69) is 24.0 Å². The standard InChI is InChI=1S/C15H12ClNO/c1-2-10-3-5-11(6-4-10)15-17-13-9-12(16)7-8-14(13)18-15/h3-9H,2H2,1H3. The van der Waals surface area contributed by atoms with Crippen LogP contribution in [-0.2, 0) is 6.42 Å². The van der Waals surface area contributed by atoms with E-state index >= 15 is 0 Å². The summed E-state index contributed by atoms with van der Waals surface area (Å²) in [6.45, 7) is 2.14. The van der Waals surface area contributed by atoms with E-state index in [1.54, 1.807) is 6.07 Å². The van der Waals surface area contributed by atoms with E-state index in [1.165, 1.54) is 5.56 Å². The highest BCUT2D eigenvalue weighted by Crippen LogP contribution is 2.26. The van der Waals surface area contributed by atoms with Crippen LogP contribution >= 0.6 is 11.6 Å². The van der Waals surface area contributed by atoms with Crippen LogP contribution in [0.5, 0.6) is 0 Å².